The maximum Gasteiger partial charge on any atom is 0.320 e. The van der Waals surface area contributed by atoms with Crippen LogP contribution in [0.25, 0.3) is 0 Å². The summed E-state index contributed by atoms with van der Waals surface area (Å²) in [5.41, 5.74) is 6.80. The number of para-hydroxylation sites is 2. The first-order chi connectivity index (χ1) is 11.1. The molecular weight excluding hydrogens is 294 g/mol. The third-order valence-electron chi connectivity index (χ3n) is 3.29. The van der Waals surface area contributed by atoms with E-state index in [1.165, 1.54) is 7.11 Å². The monoisotopic (exact) mass is 313 g/mol. The first-order valence-corrected chi connectivity index (χ1v) is 7.14. The highest BCUT2D eigenvalue weighted by Crippen LogP contribution is 2.22. The van der Waals surface area contributed by atoms with Crippen molar-refractivity contribution in [1.29, 1.82) is 0 Å². The van der Waals surface area contributed by atoms with E-state index in [-0.39, 0.29) is 0 Å². The van der Waals surface area contributed by atoms with Gasteiger partial charge in [0.25, 0.3) is 0 Å². The van der Waals surface area contributed by atoms with E-state index in [9.17, 15) is 9.59 Å². The molecular formula is C17H19N3O3. The summed E-state index contributed by atoms with van der Waals surface area (Å²) in [6, 6.07) is 15.0. The highest BCUT2D eigenvalue weighted by Gasteiger charge is 2.19. The minimum Gasteiger partial charge on any atom is -0.495 e. The summed E-state index contributed by atoms with van der Waals surface area (Å²) in [7, 11) is 1.51. The summed E-state index contributed by atoms with van der Waals surface area (Å²) in [5.74, 6) is -0.0645. The number of ether oxygens (including phenoxy) is 1. The van der Waals surface area contributed by atoms with Gasteiger partial charge in [-0.3, -0.25) is 4.79 Å². The molecule has 1 atom stereocenters. The van der Waals surface area contributed by atoms with Gasteiger partial charge in [-0.15, -0.1) is 0 Å². The van der Waals surface area contributed by atoms with E-state index < -0.39 is 18.0 Å². The Labute approximate surface area is 134 Å². The van der Waals surface area contributed by atoms with Gasteiger partial charge in [0, 0.05) is 6.42 Å². The second-order valence-electron chi connectivity index (χ2n) is 4.94. The zero-order valence-corrected chi connectivity index (χ0v) is 12.8. The molecule has 0 heterocycles. The molecule has 2 rings (SSSR count). The van der Waals surface area contributed by atoms with Gasteiger partial charge < -0.3 is 21.1 Å². The minimum absolute atomic E-state index is 0.329. The van der Waals surface area contributed by atoms with Crippen molar-refractivity contribution in [2.75, 3.05) is 12.4 Å². The largest absolute Gasteiger partial charge is 0.495 e. The van der Waals surface area contributed by atoms with Crippen LogP contribution >= 0.6 is 0 Å². The van der Waals surface area contributed by atoms with E-state index in [0.29, 0.717) is 17.9 Å². The van der Waals surface area contributed by atoms with Crippen molar-refractivity contribution < 1.29 is 14.3 Å². The molecule has 0 aromatic heterocycles. The smallest absolute Gasteiger partial charge is 0.320 e. The van der Waals surface area contributed by atoms with E-state index in [1.807, 2.05) is 30.3 Å². The van der Waals surface area contributed by atoms with Crippen molar-refractivity contribution in [3.05, 3.63) is 60.2 Å². The number of hydrogen-bond acceptors (Lipinski definition) is 3. The summed E-state index contributed by atoms with van der Waals surface area (Å²) in [6.07, 6.45) is 0.329. The van der Waals surface area contributed by atoms with Crippen LogP contribution in [0.3, 0.4) is 0 Å². The van der Waals surface area contributed by atoms with Crippen molar-refractivity contribution in [3.63, 3.8) is 0 Å². The van der Waals surface area contributed by atoms with Gasteiger partial charge in [0.1, 0.15) is 11.8 Å². The zero-order chi connectivity index (χ0) is 16.7. The Balaban J connectivity index is 2.02. The van der Waals surface area contributed by atoms with E-state index in [0.717, 1.165) is 5.56 Å². The average molecular weight is 313 g/mol. The molecule has 0 saturated heterocycles. The fourth-order valence-electron chi connectivity index (χ4n) is 2.14. The van der Waals surface area contributed by atoms with Crippen molar-refractivity contribution in [3.8, 4) is 5.75 Å². The number of primary amides is 1. The summed E-state index contributed by atoms with van der Waals surface area (Å²) in [4.78, 5) is 23.7. The van der Waals surface area contributed by atoms with Gasteiger partial charge in [0.05, 0.1) is 12.8 Å². The van der Waals surface area contributed by atoms with Gasteiger partial charge in [-0.05, 0) is 17.7 Å². The molecule has 0 spiro atoms. The lowest BCUT2D eigenvalue weighted by Gasteiger charge is -2.17. The summed E-state index contributed by atoms with van der Waals surface area (Å²) >= 11 is 0. The van der Waals surface area contributed by atoms with E-state index in [2.05, 4.69) is 10.6 Å². The van der Waals surface area contributed by atoms with Crippen LogP contribution in [-0.2, 0) is 11.2 Å². The van der Waals surface area contributed by atoms with Crippen LogP contribution in [0, 0.1) is 0 Å². The predicted octanol–water partition coefficient (Wildman–Crippen LogP) is 1.91. The topological polar surface area (TPSA) is 93.4 Å². The van der Waals surface area contributed by atoms with E-state index in [4.69, 9.17) is 10.5 Å². The molecule has 0 aliphatic rings. The third-order valence-corrected chi connectivity index (χ3v) is 3.29. The molecule has 23 heavy (non-hydrogen) atoms. The normalized spacial score (nSPS) is 11.3. The second kappa shape index (κ2) is 7.84. The second-order valence-corrected chi connectivity index (χ2v) is 4.94. The first kappa shape index (κ1) is 16.4. The van der Waals surface area contributed by atoms with Crippen molar-refractivity contribution in [1.82, 2.24) is 5.32 Å². The molecule has 0 saturated carbocycles. The fraction of sp³-hybridized carbons (Fsp3) is 0.176. The lowest BCUT2D eigenvalue weighted by Crippen LogP contribution is -2.47. The molecule has 0 aliphatic carbocycles. The molecule has 2 aromatic carbocycles. The molecule has 0 fully saturated rings. The number of rotatable bonds is 6. The summed E-state index contributed by atoms with van der Waals surface area (Å²) in [5, 5.41) is 5.23. The van der Waals surface area contributed by atoms with E-state index >= 15 is 0 Å². The van der Waals surface area contributed by atoms with Crippen LogP contribution in [-0.4, -0.2) is 25.1 Å². The number of nitrogens with two attached hydrogens (primary N) is 1. The van der Waals surface area contributed by atoms with Crippen LogP contribution in [0.15, 0.2) is 54.6 Å². The zero-order valence-electron chi connectivity index (χ0n) is 12.8. The Morgan fingerprint density at radius 1 is 1.09 bits per heavy atom. The molecule has 4 N–H and O–H groups in total. The van der Waals surface area contributed by atoms with Gasteiger partial charge in [0.2, 0.25) is 5.91 Å². The first-order valence-electron chi connectivity index (χ1n) is 7.14. The molecule has 0 unspecified atom stereocenters. The lowest BCUT2D eigenvalue weighted by atomic mass is 10.1. The van der Waals surface area contributed by atoms with Crippen LogP contribution in [0.1, 0.15) is 5.56 Å². The van der Waals surface area contributed by atoms with E-state index in [1.54, 1.807) is 24.3 Å². The van der Waals surface area contributed by atoms with Gasteiger partial charge in [-0.25, -0.2) is 4.79 Å². The highest BCUT2D eigenvalue weighted by molar-refractivity contribution is 5.94. The van der Waals surface area contributed by atoms with Crippen LogP contribution in [0.2, 0.25) is 0 Å². The number of methoxy groups -OCH3 is 1. The average Bonchev–Trinajstić information content (AvgIpc) is 2.55. The summed E-state index contributed by atoms with van der Waals surface area (Å²) in [6.45, 7) is 0. The number of anilines is 1. The third kappa shape index (κ3) is 4.74. The Bertz CT molecular complexity index is 674. The Kier molecular flexibility index (Phi) is 5.57. The van der Waals surface area contributed by atoms with Crippen molar-refractivity contribution >= 4 is 17.6 Å². The van der Waals surface area contributed by atoms with Crippen LogP contribution in [0.5, 0.6) is 5.75 Å². The quantitative estimate of drug-likeness (QED) is 0.760. The van der Waals surface area contributed by atoms with Gasteiger partial charge in [-0.2, -0.15) is 0 Å². The molecule has 3 amide bonds. The Morgan fingerprint density at radius 2 is 1.74 bits per heavy atom. The number of benzene rings is 2. The van der Waals surface area contributed by atoms with Gasteiger partial charge in [0.15, 0.2) is 0 Å². The number of carbonyl (C=O) groups excluding carboxylic acids is 2. The lowest BCUT2D eigenvalue weighted by molar-refractivity contribution is -0.119. The minimum atomic E-state index is -0.799. The highest BCUT2D eigenvalue weighted by atomic mass is 16.5. The van der Waals surface area contributed by atoms with Crippen LogP contribution in [0.4, 0.5) is 10.5 Å². The van der Waals surface area contributed by atoms with Crippen molar-refractivity contribution in [2.24, 2.45) is 5.73 Å². The Morgan fingerprint density at radius 3 is 2.39 bits per heavy atom. The molecule has 2 aromatic rings. The molecule has 0 bridgehead atoms. The van der Waals surface area contributed by atoms with Gasteiger partial charge in [-0.1, -0.05) is 42.5 Å². The maximum absolute atomic E-state index is 12.1. The van der Waals surface area contributed by atoms with Crippen LogP contribution < -0.4 is 21.1 Å². The fourth-order valence-corrected chi connectivity index (χ4v) is 2.14. The molecule has 6 heteroatoms. The molecule has 0 aliphatic heterocycles. The molecule has 120 valence electrons. The summed E-state index contributed by atoms with van der Waals surface area (Å²) < 4.78 is 5.16. The number of amides is 3. The molecule has 0 radical (unpaired) electrons. The number of carbonyl (C=O) groups is 2. The Hall–Kier alpha value is -3.02. The van der Waals surface area contributed by atoms with Crippen molar-refractivity contribution in [2.45, 2.75) is 12.5 Å². The van der Waals surface area contributed by atoms with Gasteiger partial charge >= 0.3 is 6.03 Å². The predicted molar refractivity (Wildman–Crippen MR) is 88.3 cm³/mol. The molecule has 6 nitrogen and oxygen atoms in total. The number of hydrogen-bond donors (Lipinski definition) is 3. The number of urea groups is 1. The SMILES string of the molecule is COc1ccccc1NC(=O)N[C@@H](Cc1ccccc1)C(N)=O. The maximum atomic E-state index is 12.1. The standard InChI is InChI=1S/C17H19N3O3/c1-23-15-10-6-5-9-13(15)19-17(22)20-14(16(18)21)11-12-7-3-2-4-8-12/h2-10,14H,11H2,1H3,(H2,18,21)(H2,19,20,22)/t14-/m0/s1. The number of nitrogens with one attached hydrogen (secondary N) is 2.